The van der Waals surface area contributed by atoms with E-state index < -0.39 is 0 Å². The SMILES string of the molecule is CCCNC1C(Oc2cc(Cl)ccc2C)CCCC1(C)C. The lowest BCUT2D eigenvalue weighted by molar-refractivity contribution is 0.0361. The molecule has 2 rings (SSSR count). The number of nitrogens with one attached hydrogen (secondary N) is 1. The minimum absolute atomic E-state index is 0.220. The summed E-state index contributed by atoms with van der Waals surface area (Å²) >= 11 is 6.11. The molecule has 21 heavy (non-hydrogen) atoms. The van der Waals surface area contributed by atoms with E-state index in [1.807, 2.05) is 18.2 Å². The molecule has 0 saturated heterocycles. The van der Waals surface area contributed by atoms with Gasteiger partial charge in [-0.15, -0.1) is 0 Å². The molecule has 0 bridgehead atoms. The summed E-state index contributed by atoms with van der Waals surface area (Å²) in [6.45, 7) is 10.0. The van der Waals surface area contributed by atoms with Crippen LogP contribution < -0.4 is 10.1 Å². The van der Waals surface area contributed by atoms with Crippen LogP contribution in [-0.2, 0) is 0 Å². The first kappa shape index (κ1) is 16.6. The van der Waals surface area contributed by atoms with Gasteiger partial charge in [0.2, 0.25) is 0 Å². The molecule has 0 aliphatic heterocycles. The maximum Gasteiger partial charge on any atom is 0.124 e. The van der Waals surface area contributed by atoms with Crippen LogP contribution in [0.15, 0.2) is 18.2 Å². The Morgan fingerprint density at radius 1 is 1.38 bits per heavy atom. The molecule has 1 aromatic carbocycles. The molecule has 3 heteroatoms. The van der Waals surface area contributed by atoms with Crippen LogP contribution in [0.2, 0.25) is 5.02 Å². The Labute approximate surface area is 134 Å². The molecular formula is C18H28ClNO. The van der Waals surface area contributed by atoms with Gasteiger partial charge in [-0.25, -0.2) is 0 Å². The number of benzene rings is 1. The zero-order valence-electron chi connectivity index (χ0n) is 13.7. The molecule has 1 aliphatic rings. The van der Waals surface area contributed by atoms with Gasteiger partial charge in [-0.2, -0.15) is 0 Å². The zero-order chi connectivity index (χ0) is 15.5. The Morgan fingerprint density at radius 3 is 2.86 bits per heavy atom. The molecule has 0 heterocycles. The molecule has 1 aromatic rings. The lowest BCUT2D eigenvalue weighted by atomic mass is 9.71. The first-order valence-electron chi connectivity index (χ1n) is 8.10. The van der Waals surface area contributed by atoms with Gasteiger partial charge in [-0.05, 0) is 62.3 Å². The van der Waals surface area contributed by atoms with Crippen molar-refractivity contribution in [2.24, 2.45) is 5.41 Å². The van der Waals surface area contributed by atoms with E-state index in [4.69, 9.17) is 16.3 Å². The third-order valence-electron chi connectivity index (χ3n) is 4.57. The van der Waals surface area contributed by atoms with E-state index in [1.165, 1.54) is 12.8 Å². The monoisotopic (exact) mass is 309 g/mol. The second-order valence-electron chi connectivity index (χ2n) is 6.88. The van der Waals surface area contributed by atoms with Crippen molar-refractivity contribution in [3.8, 4) is 5.75 Å². The van der Waals surface area contributed by atoms with Crippen molar-refractivity contribution in [2.45, 2.75) is 65.5 Å². The van der Waals surface area contributed by atoms with Crippen LogP contribution in [0.25, 0.3) is 0 Å². The van der Waals surface area contributed by atoms with Gasteiger partial charge in [0.15, 0.2) is 0 Å². The van der Waals surface area contributed by atoms with Gasteiger partial charge in [0.25, 0.3) is 0 Å². The topological polar surface area (TPSA) is 21.3 Å². The summed E-state index contributed by atoms with van der Waals surface area (Å²) < 4.78 is 6.37. The fraction of sp³-hybridized carbons (Fsp3) is 0.667. The quantitative estimate of drug-likeness (QED) is 0.828. The highest BCUT2D eigenvalue weighted by Crippen LogP contribution is 2.38. The van der Waals surface area contributed by atoms with Gasteiger partial charge in [-0.1, -0.05) is 38.4 Å². The van der Waals surface area contributed by atoms with Crippen molar-refractivity contribution in [3.05, 3.63) is 28.8 Å². The fourth-order valence-electron chi connectivity index (χ4n) is 3.28. The first-order chi connectivity index (χ1) is 9.94. The average Bonchev–Trinajstić information content (AvgIpc) is 2.41. The summed E-state index contributed by atoms with van der Waals surface area (Å²) in [5.41, 5.74) is 1.42. The van der Waals surface area contributed by atoms with Crippen molar-refractivity contribution in [3.63, 3.8) is 0 Å². The molecule has 1 N–H and O–H groups in total. The maximum atomic E-state index is 6.37. The summed E-state index contributed by atoms with van der Waals surface area (Å²) in [6, 6.07) is 6.28. The lowest BCUT2D eigenvalue weighted by Gasteiger charge is -2.44. The van der Waals surface area contributed by atoms with Crippen LogP contribution in [0, 0.1) is 12.3 Å². The summed E-state index contributed by atoms with van der Waals surface area (Å²) in [5.74, 6) is 0.925. The fourth-order valence-corrected chi connectivity index (χ4v) is 3.44. The minimum Gasteiger partial charge on any atom is -0.488 e. The lowest BCUT2D eigenvalue weighted by Crippen LogP contribution is -2.54. The third-order valence-corrected chi connectivity index (χ3v) is 4.80. The van der Waals surface area contributed by atoms with Crippen molar-refractivity contribution in [1.29, 1.82) is 0 Å². The second-order valence-corrected chi connectivity index (χ2v) is 7.32. The first-order valence-corrected chi connectivity index (χ1v) is 8.48. The van der Waals surface area contributed by atoms with Crippen LogP contribution >= 0.6 is 11.6 Å². The number of aryl methyl sites for hydroxylation is 1. The molecule has 2 nitrogen and oxygen atoms in total. The summed E-state index contributed by atoms with van der Waals surface area (Å²) in [7, 11) is 0. The smallest absolute Gasteiger partial charge is 0.124 e. The van der Waals surface area contributed by atoms with Crippen molar-refractivity contribution >= 4 is 11.6 Å². The van der Waals surface area contributed by atoms with E-state index in [1.54, 1.807) is 0 Å². The van der Waals surface area contributed by atoms with Crippen LogP contribution in [0.4, 0.5) is 0 Å². The molecular weight excluding hydrogens is 282 g/mol. The van der Waals surface area contributed by atoms with Gasteiger partial charge in [0, 0.05) is 11.1 Å². The Kier molecular flexibility index (Phi) is 5.56. The number of hydrogen-bond donors (Lipinski definition) is 1. The van der Waals surface area contributed by atoms with Crippen LogP contribution in [0.3, 0.4) is 0 Å². The summed E-state index contributed by atoms with van der Waals surface area (Å²) in [4.78, 5) is 0. The van der Waals surface area contributed by atoms with Gasteiger partial charge in [-0.3, -0.25) is 0 Å². The Hall–Kier alpha value is -0.730. The number of hydrogen-bond acceptors (Lipinski definition) is 2. The van der Waals surface area contributed by atoms with Crippen molar-refractivity contribution in [1.82, 2.24) is 5.32 Å². The molecule has 2 unspecified atom stereocenters. The summed E-state index contributed by atoms with van der Waals surface area (Å²) in [5, 5.41) is 4.45. The highest BCUT2D eigenvalue weighted by Gasteiger charge is 2.40. The van der Waals surface area contributed by atoms with Crippen LogP contribution in [-0.4, -0.2) is 18.7 Å². The number of rotatable bonds is 5. The standard InChI is InChI=1S/C18H28ClNO/c1-5-11-20-17-15(7-6-10-18(17,3)4)21-16-12-14(19)9-8-13(16)2/h8-9,12,15,17,20H,5-7,10-11H2,1-4H3. The summed E-state index contributed by atoms with van der Waals surface area (Å²) in [6.07, 6.45) is 4.95. The largest absolute Gasteiger partial charge is 0.488 e. The van der Waals surface area contributed by atoms with Crippen molar-refractivity contribution < 1.29 is 4.74 Å². The second kappa shape index (κ2) is 7.02. The van der Waals surface area contributed by atoms with Crippen LogP contribution in [0.1, 0.15) is 52.0 Å². The molecule has 2 atom stereocenters. The van der Waals surface area contributed by atoms with Gasteiger partial charge in [0.05, 0.1) is 0 Å². The molecule has 118 valence electrons. The van der Waals surface area contributed by atoms with Gasteiger partial charge >= 0.3 is 0 Å². The van der Waals surface area contributed by atoms with Gasteiger partial charge in [0.1, 0.15) is 11.9 Å². The Balaban J connectivity index is 2.17. The number of halogens is 1. The zero-order valence-corrected chi connectivity index (χ0v) is 14.5. The average molecular weight is 310 g/mol. The number of ether oxygens (including phenoxy) is 1. The van der Waals surface area contributed by atoms with Crippen molar-refractivity contribution in [2.75, 3.05) is 6.54 Å². The highest BCUT2D eigenvalue weighted by molar-refractivity contribution is 6.30. The molecule has 0 radical (unpaired) electrons. The minimum atomic E-state index is 0.220. The predicted octanol–water partition coefficient (Wildman–Crippen LogP) is 4.97. The molecule has 1 saturated carbocycles. The predicted molar refractivity (Wildman–Crippen MR) is 90.3 cm³/mol. The molecule has 1 aliphatic carbocycles. The van der Waals surface area contributed by atoms with E-state index >= 15 is 0 Å². The molecule has 0 aromatic heterocycles. The van der Waals surface area contributed by atoms with E-state index in [0.29, 0.717) is 6.04 Å². The molecule has 1 fully saturated rings. The molecule has 0 amide bonds. The highest BCUT2D eigenvalue weighted by atomic mass is 35.5. The van der Waals surface area contributed by atoms with E-state index in [-0.39, 0.29) is 11.5 Å². The Morgan fingerprint density at radius 2 is 2.14 bits per heavy atom. The van der Waals surface area contributed by atoms with E-state index in [2.05, 4.69) is 33.0 Å². The van der Waals surface area contributed by atoms with Crippen LogP contribution in [0.5, 0.6) is 5.75 Å². The van der Waals surface area contributed by atoms with Gasteiger partial charge < -0.3 is 10.1 Å². The maximum absolute atomic E-state index is 6.37. The third kappa shape index (κ3) is 4.14. The Bertz CT molecular complexity index is 472. The normalized spacial score (nSPS) is 24.8. The van der Waals surface area contributed by atoms with E-state index in [9.17, 15) is 0 Å². The van der Waals surface area contributed by atoms with E-state index in [0.717, 1.165) is 35.7 Å². The molecule has 0 spiro atoms.